The summed E-state index contributed by atoms with van der Waals surface area (Å²) >= 11 is 18.1. The normalized spacial score (nSPS) is 10.5. The van der Waals surface area contributed by atoms with Crippen molar-refractivity contribution in [3.8, 4) is 22.9 Å². The first-order chi connectivity index (χ1) is 16.8. The molecule has 0 aliphatic rings. The second kappa shape index (κ2) is 10.8. The number of urea groups is 1. The van der Waals surface area contributed by atoms with E-state index in [1.54, 1.807) is 43.7 Å². The quantitative estimate of drug-likeness (QED) is 0.227. The Morgan fingerprint density at radius 2 is 1.71 bits per heavy atom. The highest BCUT2D eigenvalue weighted by atomic mass is 35.5. The number of nitrogens with zero attached hydrogens (tertiary/aromatic N) is 3. The molecular weight excluding hydrogens is 511 g/mol. The van der Waals surface area contributed by atoms with E-state index < -0.39 is 6.03 Å². The molecule has 0 unspecified atom stereocenters. The van der Waals surface area contributed by atoms with Gasteiger partial charge in [-0.15, -0.1) is 0 Å². The Balaban J connectivity index is 1.50. The van der Waals surface area contributed by atoms with Gasteiger partial charge in [-0.2, -0.15) is 0 Å². The van der Waals surface area contributed by atoms with E-state index in [0.29, 0.717) is 45.2 Å². The first-order valence-corrected chi connectivity index (χ1v) is 11.4. The lowest BCUT2D eigenvalue weighted by Gasteiger charge is -2.14. The number of hydrogen-bond donors (Lipinski definition) is 3. The predicted molar refractivity (Wildman–Crippen MR) is 140 cm³/mol. The molecule has 4 aromatic rings. The predicted octanol–water partition coefficient (Wildman–Crippen LogP) is 7.29. The molecule has 0 fully saturated rings. The highest BCUT2D eigenvalue weighted by Gasteiger charge is 2.14. The van der Waals surface area contributed by atoms with Crippen molar-refractivity contribution in [1.29, 1.82) is 0 Å². The fourth-order valence-electron chi connectivity index (χ4n) is 3.15. The molecular formula is C24H19Cl3N6O2. The summed E-state index contributed by atoms with van der Waals surface area (Å²) in [4.78, 5) is 25.4. The van der Waals surface area contributed by atoms with Crippen LogP contribution in [0.1, 0.15) is 5.56 Å². The molecule has 178 valence electrons. The van der Waals surface area contributed by atoms with Gasteiger partial charge in [-0.25, -0.2) is 19.7 Å². The summed E-state index contributed by atoms with van der Waals surface area (Å²) in [6.45, 7) is 1.86. The first kappa shape index (κ1) is 24.5. The van der Waals surface area contributed by atoms with Crippen molar-refractivity contribution in [1.82, 2.24) is 15.0 Å². The summed E-state index contributed by atoms with van der Waals surface area (Å²) in [5, 5.41) is 9.17. The smallest absolute Gasteiger partial charge is 0.323 e. The summed E-state index contributed by atoms with van der Waals surface area (Å²) in [7, 11) is 1.75. The Morgan fingerprint density at radius 3 is 2.49 bits per heavy atom. The number of nitrogens with one attached hydrogen (secondary N) is 3. The maximum absolute atomic E-state index is 12.5. The second-order valence-electron chi connectivity index (χ2n) is 7.28. The van der Waals surface area contributed by atoms with Gasteiger partial charge in [0.15, 0.2) is 0 Å². The fourth-order valence-corrected chi connectivity index (χ4v) is 3.74. The fraction of sp³-hybridized carbons (Fsp3) is 0.0833. The van der Waals surface area contributed by atoms with E-state index in [2.05, 4.69) is 30.9 Å². The van der Waals surface area contributed by atoms with Gasteiger partial charge in [-0.05, 0) is 61.0 Å². The molecule has 2 heterocycles. The molecule has 2 amide bonds. The molecule has 4 rings (SSSR count). The molecule has 35 heavy (non-hydrogen) atoms. The zero-order chi connectivity index (χ0) is 24.9. The van der Waals surface area contributed by atoms with Gasteiger partial charge in [-0.3, -0.25) is 0 Å². The van der Waals surface area contributed by atoms with Gasteiger partial charge >= 0.3 is 6.03 Å². The van der Waals surface area contributed by atoms with Crippen LogP contribution in [0.3, 0.4) is 0 Å². The van der Waals surface area contributed by atoms with Crippen molar-refractivity contribution in [3.05, 3.63) is 81.6 Å². The largest absolute Gasteiger partial charge is 0.438 e. The lowest BCUT2D eigenvalue weighted by Crippen LogP contribution is -2.19. The summed E-state index contributed by atoms with van der Waals surface area (Å²) < 4.78 is 6.10. The average molecular weight is 530 g/mol. The maximum atomic E-state index is 12.5. The van der Waals surface area contributed by atoms with Crippen molar-refractivity contribution < 1.29 is 9.53 Å². The Morgan fingerprint density at radius 1 is 0.914 bits per heavy atom. The maximum Gasteiger partial charge on any atom is 0.323 e. The van der Waals surface area contributed by atoms with Gasteiger partial charge in [0.25, 0.3) is 0 Å². The van der Waals surface area contributed by atoms with Crippen LogP contribution in [-0.4, -0.2) is 28.0 Å². The minimum Gasteiger partial charge on any atom is -0.438 e. The van der Waals surface area contributed by atoms with Gasteiger partial charge in [0.05, 0.1) is 32.0 Å². The van der Waals surface area contributed by atoms with Gasteiger partial charge in [0.1, 0.15) is 5.75 Å². The molecule has 0 aliphatic carbocycles. The van der Waals surface area contributed by atoms with Crippen LogP contribution in [0.2, 0.25) is 15.1 Å². The monoisotopic (exact) mass is 528 g/mol. The number of aromatic nitrogens is 3. The molecule has 0 radical (unpaired) electrons. The molecule has 2 aromatic heterocycles. The molecule has 3 N–H and O–H groups in total. The molecule has 0 bridgehead atoms. The van der Waals surface area contributed by atoms with Crippen LogP contribution < -0.4 is 20.7 Å². The lowest BCUT2D eigenvalue weighted by molar-refractivity contribution is 0.262. The number of amides is 2. The number of carbonyl (C=O) groups excluding carboxylic acids is 1. The number of hydrogen-bond acceptors (Lipinski definition) is 6. The van der Waals surface area contributed by atoms with E-state index in [1.165, 1.54) is 12.1 Å². The van der Waals surface area contributed by atoms with E-state index in [1.807, 2.05) is 19.1 Å². The van der Waals surface area contributed by atoms with Crippen LogP contribution >= 0.6 is 34.8 Å². The highest BCUT2D eigenvalue weighted by Crippen LogP contribution is 2.34. The standard InChI is InChI=1S/C24H19Cl3N6O2/c1-13-10-14(31-24(34)33-20-12-17(26)16(25)11-18(20)27)5-6-21(13)35-22-15(4-3-8-29-22)19-7-9-30-23(28-2)32-19/h3-12H,1-2H3,(H,28,30,32)(H2,31,33,34). The Hall–Kier alpha value is -3.59. The van der Waals surface area contributed by atoms with Gasteiger partial charge < -0.3 is 20.7 Å². The van der Waals surface area contributed by atoms with Crippen LogP contribution in [0, 0.1) is 6.92 Å². The molecule has 0 saturated heterocycles. The topological polar surface area (TPSA) is 101 Å². The number of carbonyl (C=O) groups is 1. The third-order valence-corrected chi connectivity index (χ3v) is 5.86. The van der Waals surface area contributed by atoms with Crippen LogP contribution in [0.5, 0.6) is 11.6 Å². The van der Waals surface area contributed by atoms with E-state index in [-0.39, 0.29) is 10.0 Å². The number of pyridine rings is 1. The number of halogens is 3. The van der Waals surface area contributed by atoms with Crippen LogP contribution in [0.25, 0.3) is 11.3 Å². The van der Waals surface area contributed by atoms with Crippen molar-refractivity contribution in [2.45, 2.75) is 6.92 Å². The second-order valence-corrected chi connectivity index (χ2v) is 8.50. The third-order valence-electron chi connectivity index (χ3n) is 4.82. The highest BCUT2D eigenvalue weighted by molar-refractivity contribution is 6.44. The van der Waals surface area contributed by atoms with Gasteiger partial charge in [0.2, 0.25) is 11.8 Å². The zero-order valence-electron chi connectivity index (χ0n) is 18.6. The van der Waals surface area contributed by atoms with Crippen molar-refractivity contribution in [2.75, 3.05) is 23.0 Å². The molecule has 0 spiro atoms. The average Bonchev–Trinajstić information content (AvgIpc) is 2.84. The summed E-state index contributed by atoms with van der Waals surface area (Å²) in [5.41, 5.74) is 3.06. The number of aryl methyl sites for hydroxylation is 1. The molecule has 0 atom stereocenters. The minimum atomic E-state index is -0.491. The Labute approximate surface area is 216 Å². The Kier molecular flexibility index (Phi) is 7.55. The minimum absolute atomic E-state index is 0.270. The number of anilines is 3. The van der Waals surface area contributed by atoms with Crippen LogP contribution in [0.15, 0.2) is 60.9 Å². The number of rotatable bonds is 6. The van der Waals surface area contributed by atoms with Crippen molar-refractivity contribution >= 4 is 58.2 Å². The number of benzene rings is 2. The van der Waals surface area contributed by atoms with Gasteiger partial charge in [0, 0.05) is 25.1 Å². The number of ether oxygens (including phenoxy) is 1. The summed E-state index contributed by atoms with van der Waals surface area (Å²) in [6.07, 6.45) is 3.30. The van der Waals surface area contributed by atoms with E-state index in [9.17, 15) is 4.79 Å². The molecule has 8 nitrogen and oxygen atoms in total. The van der Waals surface area contributed by atoms with Gasteiger partial charge in [-0.1, -0.05) is 34.8 Å². The molecule has 2 aromatic carbocycles. The van der Waals surface area contributed by atoms with E-state index in [0.717, 1.165) is 5.56 Å². The molecule has 0 aliphatic heterocycles. The molecule has 11 heteroatoms. The third kappa shape index (κ3) is 5.92. The SMILES string of the molecule is CNc1nccc(-c2cccnc2Oc2ccc(NC(=O)Nc3cc(Cl)c(Cl)cc3Cl)cc2C)n1. The van der Waals surface area contributed by atoms with Crippen molar-refractivity contribution in [3.63, 3.8) is 0 Å². The first-order valence-electron chi connectivity index (χ1n) is 10.3. The summed E-state index contributed by atoms with van der Waals surface area (Å²) in [5.74, 6) is 1.46. The lowest BCUT2D eigenvalue weighted by atomic mass is 10.2. The van der Waals surface area contributed by atoms with Crippen LogP contribution in [0.4, 0.5) is 22.1 Å². The van der Waals surface area contributed by atoms with E-state index >= 15 is 0 Å². The summed E-state index contributed by atoms with van der Waals surface area (Å²) in [6, 6.07) is 13.1. The van der Waals surface area contributed by atoms with Crippen molar-refractivity contribution in [2.24, 2.45) is 0 Å². The molecule has 0 saturated carbocycles. The van der Waals surface area contributed by atoms with Crippen LogP contribution in [-0.2, 0) is 0 Å². The zero-order valence-corrected chi connectivity index (χ0v) is 20.8. The van der Waals surface area contributed by atoms with E-state index in [4.69, 9.17) is 39.5 Å². The Bertz CT molecular complexity index is 1400.